The van der Waals surface area contributed by atoms with Crippen LogP contribution in [0.3, 0.4) is 0 Å². The maximum atomic E-state index is 13.1. The van der Waals surface area contributed by atoms with E-state index < -0.39 is 10.0 Å². The highest BCUT2D eigenvalue weighted by atomic mass is 35.5. The molecule has 1 aromatic carbocycles. The van der Waals surface area contributed by atoms with Crippen molar-refractivity contribution in [1.29, 1.82) is 0 Å². The smallest absolute Gasteiger partial charge is 0.243 e. The number of hydrogen-bond donors (Lipinski definition) is 1. The average molecular weight is 372 g/mol. The van der Waals surface area contributed by atoms with Gasteiger partial charge in [-0.05, 0) is 37.8 Å². The molecule has 0 saturated carbocycles. The molecule has 2 aromatic rings. The van der Waals surface area contributed by atoms with E-state index in [4.69, 9.17) is 10.3 Å². The van der Waals surface area contributed by atoms with Crippen molar-refractivity contribution in [3.05, 3.63) is 36.5 Å². The minimum Gasteiger partial charge on any atom is -0.356 e. The molecule has 8 heteroatoms. The molecule has 2 atom stereocenters. The average Bonchev–Trinajstić information content (AvgIpc) is 3.09. The van der Waals surface area contributed by atoms with E-state index in [-0.39, 0.29) is 29.3 Å². The summed E-state index contributed by atoms with van der Waals surface area (Å²) in [5, 5.41) is 3.67. The zero-order valence-corrected chi connectivity index (χ0v) is 15.1. The van der Waals surface area contributed by atoms with E-state index in [0.717, 1.165) is 12.8 Å². The molecular weight excluding hydrogens is 350 g/mol. The zero-order chi connectivity index (χ0) is 16.4. The molecule has 2 unspecified atom stereocenters. The molecule has 0 bridgehead atoms. The van der Waals surface area contributed by atoms with Gasteiger partial charge < -0.3 is 10.3 Å². The van der Waals surface area contributed by atoms with Crippen LogP contribution in [0.25, 0.3) is 11.3 Å². The van der Waals surface area contributed by atoms with Gasteiger partial charge in [0, 0.05) is 30.8 Å². The third-order valence-electron chi connectivity index (χ3n) is 4.37. The second-order valence-electron chi connectivity index (χ2n) is 6.00. The molecule has 1 aromatic heterocycles. The van der Waals surface area contributed by atoms with Gasteiger partial charge in [0.15, 0.2) is 5.76 Å². The van der Waals surface area contributed by atoms with Crippen molar-refractivity contribution in [2.75, 3.05) is 13.1 Å². The van der Waals surface area contributed by atoms with Crippen molar-refractivity contribution in [3.63, 3.8) is 0 Å². The highest BCUT2D eigenvalue weighted by molar-refractivity contribution is 7.89. The largest absolute Gasteiger partial charge is 0.356 e. The first-order chi connectivity index (χ1) is 11.0. The third kappa shape index (κ3) is 3.64. The summed E-state index contributed by atoms with van der Waals surface area (Å²) in [6.45, 7) is 2.92. The number of piperidine rings is 1. The van der Waals surface area contributed by atoms with Gasteiger partial charge in [0.1, 0.15) is 0 Å². The fourth-order valence-electron chi connectivity index (χ4n) is 3.01. The molecule has 3 rings (SSSR count). The summed E-state index contributed by atoms with van der Waals surface area (Å²) in [7, 11) is -3.60. The number of rotatable bonds is 4. The van der Waals surface area contributed by atoms with E-state index in [1.54, 1.807) is 34.6 Å². The summed E-state index contributed by atoms with van der Waals surface area (Å²) in [5.41, 5.74) is 6.51. The van der Waals surface area contributed by atoms with Crippen LogP contribution in [0.4, 0.5) is 0 Å². The standard InChI is InChI=1S/C16H21N3O3S.ClH/c1-12(17)13-5-4-10-19(11-13)23(20,21)16-7-3-2-6-14(16)15-8-9-18-22-15;/h2-3,6-9,12-13H,4-5,10-11,17H2,1H3;1H. The van der Waals surface area contributed by atoms with Crippen molar-refractivity contribution in [2.24, 2.45) is 11.7 Å². The molecule has 0 amide bonds. The monoisotopic (exact) mass is 371 g/mol. The van der Waals surface area contributed by atoms with E-state index >= 15 is 0 Å². The van der Waals surface area contributed by atoms with E-state index in [0.29, 0.717) is 24.4 Å². The minimum absolute atomic E-state index is 0. The first-order valence-corrected chi connectivity index (χ1v) is 9.20. The van der Waals surface area contributed by atoms with Crippen LogP contribution >= 0.6 is 12.4 Å². The number of nitrogens with two attached hydrogens (primary N) is 1. The van der Waals surface area contributed by atoms with Gasteiger partial charge in [-0.2, -0.15) is 4.31 Å². The SMILES string of the molecule is CC(N)C1CCCN(S(=O)(=O)c2ccccc2-c2ccno2)C1.Cl. The molecule has 6 nitrogen and oxygen atoms in total. The van der Waals surface area contributed by atoms with Crippen LogP contribution in [0.1, 0.15) is 19.8 Å². The highest BCUT2D eigenvalue weighted by Crippen LogP contribution is 2.31. The summed E-state index contributed by atoms with van der Waals surface area (Å²) in [6.07, 6.45) is 3.30. The lowest BCUT2D eigenvalue weighted by Gasteiger charge is -2.34. The molecule has 1 fully saturated rings. The van der Waals surface area contributed by atoms with E-state index in [2.05, 4.69) is 5.16 Å². The topological polar surface area (TPSA) is 89.4 Å². The number of sulfonamides is 1. The van der Waals surface area contributed by atoms with E-state index in [1.165, 1.54) is 6.20 Å². The van der Waals surface area contributed by atoms with E-state index in [9.17, 15) is 8.42 Å². The number of halogens is 1. The summed E-state index contributed by atoms with van der Waals surface area (Å²) >= 11 is 0. The molecule has 0 spiro atoms. The highest BCUT2D eigenvalue weighted by Gasteiger charge is 2.33. The van der Waals surface area contributed by atoms with Crippen LogP contribution in [0.15, 0.2) is 45.9 Å². The van der Waals surface area contributed by atoms with Crippen LogP contribution in [-0.4, -0.2) is 37.0 Å². The lowest BCUT2D eigenvalue weighted by molar-refractivity contribution is 0.243. The molecule has 24 heavy (non-hydrogen) atoms. The van der Waals surface area contributed by atoms with Gasteiger partial charge in [0.25, 0.3) is 0 Å². The lowest BCUT2D eigenvalue weighted by atomic mass is 9.93. The fraction of sp³-hybridized carbons (Fsp3) is 0.438. The van der Waals surface area contributed by atoms with Gasteiger partial charge in [0.05, 0.1) is 11.1 Å². The molecule has 2 N–H and O–H groups in total. The Morgan fingerprint density at radius 1 is 1.33 bits per heavy atom. The Hall–Kier alpha value is -1.41. The Balaban J connectivity index is 0.00000208. The van der Waals surface area contributed by atoms with Crippen LogP contribution in [0.5, 0.6) is 0 Å². The van der Waals surface area contributed by atoms with Crippen molar-refractivity contribution in [2.45, 2.75) is 30.7 Å². The number of aromatic nitrogens is 1. The van der Waals surface area contributed by atoms with Gasteiger partial charge in [-0.3, -0.25) is 0 Å². The molecule has 2 heterocycles. The normalized spacial score (nSPS) is 20.3. The first-order valence-electron chi connectivity index (χ1n) is 7.76. The van der Waals surface area contributed by atoms with Gasteiger partial charge >= 0.3 is 0 Å². The Bertz CT molecular complexity index is 763. The Morgan fingerprint density at radius 2 is 2.08 bits per heavy atom. The molecule has 132 valence electrons. The summed E-state index contributed by atoms with van der Waals surface area (Å²) < 4.78 is 32.9. The molecular formula is C16H22ClN3O3S. The molecule has 0 aliphatic carbocycles. The van der Waals surface area contributed by atoms with Crippen molar-refractivity contribution < 1.29 is 12.9 Å². The maximum Gasteiger partial charge on any atom is 0.243 e. The number of nitrogens with zero attached hydrogens (tertiary/aromatic N) is 2. The van der Waals surface area contributed by atoms with Crippen LogP contribution in [-0.2, 0) is 10.0 Å². The number of hydrogen-bond acceptors (Lipinski definition) is 5. The Kier molecular flexibility index (Phi) is 6.03. The lowest BCUT2D eigenvalue weighted by Crippen LogP contribution is -2.45. The Morgan fingerprint density at radius 3 is 2.75 bits per heavy atom. The predicted octanol–water partition coefficient (Wildman–Crippen LogP) is 2.51. The minimum atomic E-state index is -3.60. The van der Waals surface area contributed by atoms with Crippen molar-refractivity contribution in [3.8, 4) is 11.3 Å². The van der Waals surface area contributed by atoms with Gasteiger partial charge in [0.2, 0.25) is 10.0 Å². The quantitative estimate of drug-likeness (QED) is 0.891. The molecule has 0 radical (unpaired) electrons. The summed E-state index contributed by atoms with van der Waals surface area (Å²) in [6, 6.07) is 8.51. The van der Waals surface area contributed by atoms with Crippen LogP contribution < -0.4 is 5.73 Å². The van der Waals surface area contributed by atoms with Gasteiger partial charge in [-0.1, -0.05) is 17.3 Å². The van der Waals surface area contributed by atoms with Gasteiger partial charge in [-0.15, -0.1) is 12.4 Å². The first kappa shape index (κ1) is 18.9. The summed E-state index contributed by atoms with van der Waals surface area (Å²) in [5.74, 6) is 0.640. The van der Waals surface area contributed by atoms with Crippen molar-refractivity contribution in [1.82, 2.24) is 9.46 Å². The predicted molar refractivity (Wildman–Crippen MR) is 94.3 cm³/mol. The zero-order valence-electron chi connectivity index (χ0n) is 13.5. The van der Waals surface area contributed by atoms with Crippen LogP contribution in [0.2, 0.25) is 0 Å². The second kappa shape index (κ2) is 7.65. The van der Waals surface area contributed by atoms with Crippen LogP contribution in [0, 0.1) is 5.92 Å². The second-order valence-corrected chi connectivity index (χ2v) is 7.90. The van der Waals surface area contributed by atoms with Crippen molar-refractivity contribution >= 4 is 22.4 Å². The molecule has 1 aliphatic heterocycles. The molecule has 1 aliphatic rings. The molecule has 1 saturated heterocycles. The fourth-order valence-corrected chi connectivity index (χ4v) is 4.74. The Labute approximate surface area is 148 Å². The number of benzene rings is 1. The van der Waals surface area contributed by atoms with Gasteiger partial charge in [-0.25, -0.2) is 8.42 Å². The third-order valence-corrected chi connectivity index (χ3v) is 6.30. The summed E-state index contributed by atoms with van der Waals surface area (Å²) in [4.78, 5) is 0.252. The maximum absolute atomic E-state index is 13.1. The van der Waals surface area contributed by atoms with E-state index in [1.807, 2.05) is 6.92 Å².